The van der Waals surface area contributed by atoms with E-state index in [4.69, 9.17) is 28.9 Å². The molecule has 6 heteroatoms. The zero-order chi connectivity index (χ0) is 13.1. The Balaban J connectivity index is 2.28. The van der Waals surface area contributed by atoms with Gasteiger partial charge in [0.05, 0.1) is 16.6 Å². The van der Waals surface area contributed by atoms with Crippen LogP contribution in [0.5, 0.6) is 0 Å². The van der Waals surface area contributed by atoms with Crippen LogP contribution in [0.2, 0.25) is 10.0 Å². The number of nitrogens with two attached hydrogens (primary N) is 1. The standard InChI is InChI=1S/C12H14Cl2N4/c1-2-18-11(16-17-12(18)7-15)6-8-3-4-9(13)10(14)5-8/h3-5H,2,6-7,15H2,1H3. The maximum Gasteiger partial charge on any atom is 0.146 e. The minimum Gasteiger partial charge on any atom is -0.324 e. The highest BCUT2D eigenvalue weighted by Crippen LogP contribution is 2.23. The van der Waals surface area contributed by atoms with Gasteiger partial charge in [0.2, 0.25) is 0 Å². The lowest BCUT2D eigenvalue weighted by Crippen LogP contribution is -2.10. The summed E-state index contributed by atoms with van der Waals surface area (Å²) in [5, 5.41) is 9.34. The fraction of sp³-hybridized carbons (Fsp3) is 0.333. The first-order valence-electron chi connectivity index (χ1n) is 5.70. The largest absolute Gasteiger partial charge is 0.324 e. The Morgan fingerprint density at radius 3 is 2.50 bits per heavy atom. The van der Waals surface area contributed by atoms with Gasteiger partial charge in [0.1, 0.15) is 11.6 Å². The molecule has 2 aromatic rings. The molecule has 0 aliphatic heterocycles. The van der Waals surface area contributed by atoms with Gasteiger partial charge in [0.25, 0.3) is 0 Å². The molecule has 1 aromatic heterocycles. The maximum absolute atomic E-state index is 5.99. The smallest absolute Gasteiger partial charge is 0.146 e. The molecule has 0 atom stereocenters. The molecule has 0 aliphatic rings. The second kappa shape index (κ2) is 5.69. The molecular formula is C12H14Cl2N4. The quantitative estimate of drug-likeness (QED) is 0.939. The van der Waals surface area contributed by atoms with Gasteiger partial charge >= 0.3 is 0 Å². The van der Waals surface area contributed by atoms with Gasteiger partial charge in [-0.05, 0) is 24.6 Å². The fourth-order valence-electron chi connectivity index (χ4n) is 1.85. The molecule has 0 amide bonds. The molecule has 4 nitrogen and oxygen atoms in total. The molecule has 0 bridgehead atoms. The van der Waals surface area contributed by atoms with Crippen LogP contribution in [-0.2, 0) is 19.5 Å². The van der Waals surface area contributed by atoms with E-state index in [2.05, 4.69) is 10.2 Å². The van der Waals surface area contributed by atoms with Crippen molar-refractivity contribution in [3.05, 3.63) is 45.5 Å². The van der Waals surface area contributed by atoms with Crippen molar-refractivity contribution in [2.75, 3.05) is 0 Å². The van der Waals surface area contributed by atoms with Gasteiger partial charge in [0.15, 0.2) is 0 Å². The predicted octanol–water partition coefficient (Wildman–Crippen LogP) is 2.65. The normalized spacial score (nSPS) is 10.9. The van der Waals surface area contributed by atoms with Crippen molar-refractivity contribution in [2.24, 2.45) is 5.73 Å². The van der Waals surface area contributed by atoms with E-state index in [9.17, 15) is 0 Å². The van der Waals surface area contributed by atoms with Crippen molar-refractivity contribution in [3.63, 3.8) is 0 Å². The summed E-state index contributed by atoms with van der Waals surface area (Å²) in [5.74, 6) is 1.68. The van der Waals surface area contributed by atoms with Gasteiger partial charge in [0, 0.05) is 13.0 Å². The molecule has 1 heterocycles. The lowest BCUT2D eigenvalue weighted by atomic mass is 10.1. The van der Waals surface area contributed by atoms with E-state index < -0.39 is 0 Å². The number of hydrogen-bond acceptors (Lipinski definition) is 3. The van der Waals surface area contributed by atoms with E-state index in [0.29, 0.717) is 23.0 Å². The SMILES string of the molecule is CCn1c(CN)nnc1Cc1ccc(Cl)c(Cl)c1. The van der Waals surface area contributed by atoms with Crippen molar-refractivity contribution < 1.29 is 0 Å². The first-order valence-corrected chi connectivity index (χ1v) is 6.46. The third kappa shape index (κ3) is 2.66. The third-order valence-electron chi connectivity index (χ3n) is 2.75. The zero-order valence-corrected chi connectivity index (χ0v) is 11.5. The van der Waals surface area contributed by atoms with Crippen molar-refractivity contribution in [1.82, 2.24) is 14.8 Å². The maximum atomic E-state index is 5.99. The zero-order valence-electron chi connectivity index (χ0n) is 10.0. The highest BCUT2D eigenvalue weighted by molar-refractivity contribution is 6.42. The van der Waals surface area contributed by atoms with Gasteiger partial charge in [-0.3, -0.25) is 0 Å². The van der Waals surface area contributed by atoms with Crippen molar-refractivity contribution in [2.45, 2.75) is 26.4 Å². The summed E-state index contributed by atoms with van der Waals surface area (Å²) in [6.07, 6.45) is 0.664. The first kappa shape index (κ1) is 13.3. The van der Waals surface area contributed by atoms with Crippen LogP contribution in [0, 0.1) is 0 Å². The van der Waals surface area contributed by atoms with Gasteiger partial charge in [-0.25, -0.2) is 0 Å². The molecule has 0 unspecified atom stereocenters. The molecule has 0 fully saturated rings. The molecule has 18 heavy (non-hydrogen) atoms. The van der Waals surface area contributed by atoms with Gasteiger partial charge in [-0.2, -0.15) is 0 Å². The molecular weight excluding hydrogens is 271 g/mol. The molecule has 96 valence electrons. The Morgan fingerprint density at radius 1 is 1.17 bits per heavy atom. The average Bonchev–Trinajstić information content (AvgIpc) is 2.75. The lowest BCUT2D eigenvalue weighted by molar-refractivity contribution is 0.668. The van der Waals surface area contributed by atoms with Crippen LogP contribution < -0.4 is 5.73 Å². The van der Waals surface area contributed by atoms with E-state index in [-0.39, 0.29) is 0 Å². The molecule has 0 spiro atoms. The van der Waals surface area contributed by atoms with Crippen LogP contribution in [0.25, 0.3) is 0 Å². The van der Waals surface area contributed by atoms with E-state index in [1.807, 2.05) is 23.6 Å². The Hall–Kier alpha value is -1.10. The second-order valence-corrected chi connectivity index (χ2v) is 4.72. The second-order valence-electron chi connectivity index (χ2n) is 3.91. The Kier molecular flexibility index (Phi) is 4.22. The minimum absolute atomic E-state index is 0.391. The molecule has 0 saturated carbocycles. The monoisotopic (exact) mass is 284 g/mol. The Bertz CT molecular complexity index is 551. The van der Waals surface area contributed by atoms with E-state index in [0.717, 1.165) is 23.8 Å². The van der Waals surface area contributed by atoms with Gasteiger partial charge in [-0.15, -0.1) is 10.2 Å². The number of rotatable bonds is 4. The highest BCUT2D eigenvalue weighted by atomic mass is 35.5. The number of halogens is 2. The van der Waals surface area contributed by atoms with Crippen LogP contribution in [0.15, 0.2) is 18.2 Å². The third-order valence-corrected chi connectivity index (χ3v) is 3.49. The highest BCUT2D eigenvalue weighted by Gasteiger charge is 2.10. The summed E-state index contributed by atoms with van der Waals surface area (Å²) in [6.45, 7) is 3.24. The van der Waals surface area contributed by atoms with Crippen LogP contribution in [0.3, 0.4) is 0 Å². The molecule has 2 N–H and O–H groups in total. The predicted molar refractivity (Wildman–Crippen MR) is 72.9 cm³/mol. The number of nitrogens with zero attached hydrogens (tertiary/aromatic N) is 3. The van der Waals surface area contributed by atoms with Crippen LogP contribution in [-0.4, -0.2) is 14.8 Å². The minimum atomic E-state index is 0.391. The number of aromatic nitrogens is 3. The van der Waals surface area contributed by atoms with Crippen LogP contribution in [0.4, 0.5) is 0 Å². The summed E-state index contributed by atoms with van der Waals surface area (Å²) in [5.41, 5.74) is 6.67. The van der Waals surface area contributed by atoms with E-state index >= 15 is 0 Å². The van der Waals surface area contributed by atoms with Crippen molar-refractivity contribution >= 4 is 23.2 Å². The number of hydrogen-bond donors (Lipinski definition) is 1. The molecule has 1 aromatic carbocycles. The Morgan fingerprint density at radius 2 is 1.89 bits per heavy atom. The topological polar surface area (TPSA) is 56.7 Å². The molecule has 2 rings (SSSR count). The summed E-state index contributed by atoms with van der Waals surface area (Å²) in [6, 6.07) is 5.57. The number of benzene rings is 1. The van der Waals surface area contributed by atoms with Crippen LogP contribution >= 0.6 is 23.2 Å². The van der Waals surface area contributed by atoms with E-state index in [1.54, 1.807) is 6.07 Å². The van der Waals surface area contributed by atoms with Gasteiger partial charge in [-0.1, -0.05) is 29.3 Å². The molecule has 0 saturated heterocycles. The van der Waals surface area contributed by atoms with Gasteiger partial charge < -0.3 is 10.3 Å². The van der Waals surface area contributed by atoms with Crippen molar-refractivity contribution in [1.29, 1.82) is 0 Å². The summed E-state index contributed by atoms with van der Waals surface area (Å²) in [4.78, 5) is 0. The average molecular weight is 285 g/mol. The van der Waals surface area contributed by atoms with Crippen molar-refractivity contribution in [3.8, 4) is 0 Å². The summed E-state index contributed by atoms with van der Waals surface area (Å²) in [7, 11) is 0. The Labute approximate surface area is 116 Å². The summed E-state index contributed by atoms with van der Waals surface area (Å²) >= 11 is 11.9. The lowest BCUT2D eigenvalue weighted by Gasteiger charge is -2.07. The summed E-state index contributed by atoms with van der Waals surface area (Å²) < 4.78 is 2.02. The first-order chi connectivity index (χ1) is 8.65. The molecule has 0 aliphatic carbocycles. The van der Waals surface area contributed by atoms with E-state index in [1.165, 1.54) is 0 Å². The fourth-order valence-corrected chi connectivity index (χ4v) is 2.17. The molecule has 0 radical (unpaired) electrons. The van der Waals surface area contributed by atoms with Crippen LogP contribution in [0.1, 0.15) is 24.1 Å².